The lowest BCUT2D eigenvalue weighted by Gasteiger charge is -2.33. The number of fused-ring (bicyclic) bond motifs is 2. The zero-order valence-electron chi connectivity index (χ0n) is 27.6. The number of aliphatic carboxylic acids is 1. The maximum Gasteiger partial charge on any atom is 0.306 e. The van der Waals surface area contributed by atoms with Crippen LogP contribution in [0.3, 0.4) is 0 Å². The first-order chi connectivity index (χ1) is 22.4. The molecule has 4 aliphatic rings. The van der Waals surface area contributed by atoms with Crippen LogP contribution in [0, 0.1) is 23.7 Å². The van der Waals surface area contributed by atoms with Gasteiger partial charge in [0.2, 0.25) is 0 Å². The molecular weight excluding hydrogens is 574 g/mol. The Morgan fingerprint density at radius 1 is 1.07 bits per heavy atom. The molecule has 246 valence electrons. The first-order valence-corrected chi connectivity index (χ1v) is 17.8. The fraction of sp³-hybridized carbons (Fsp3) is 0.622. The molecule has 1 saturated heterocycles. The molecule has 5 atom stereocenters. The lowest BCUT2D eigenvalue weighted by molar-refractivity contribution is -0.143. The molecule has 7 rings (SSSR count). The summed E-state index contributed by atoms with van der Waals surface area (Å²) < 4.78 is 1.90. The Morgan fingerprint density at radius 2 is 1.89 bits per heavy atom. The average Bonchev–Trinajstić information content (AvgIpc) is 3.73. The molecule has 1 aliphatic heterocycles. The van der Waals surface area contributed by atoms with Gasteiger partial charge in [0.15, 0.2) is 0 Å². The van der Waals surface area contributed by atoms with E-state index in [1.54, 1.807) is 0 Å². The van der Waals surface area contributed by atoms with E-state index in [1.165, 1.54) is 48.3 Å². The summed E-state index contributed by atoms with van der Waals surface area (Å²) in [6, 6.07) is 11.3. The molecule has 2 saturated carbocycles. The second kappa shape index (κ2) is 13.8. The average molecular weight is 626 g/mol. The van der Waals surface area contributed by atoms with Gasteiger partial charge in [0.1, 0.15) is 11.6 Å². The van der Waals surface area contributed by atoms with Crippen LogP contribution >= 0.6 is 0 Å². The molecule has 9 heteroatoms. The number of hydrogen-bond acceptors (Lipinski definition) is 7. The van der Waals surface area contributed by atoms with Crippen molar-refractivity contribution in [2.45, 2.75) is 95.7 Å². The Bertz CT molecular complexity index is 1480. The van der Waals surface area contributed by atoms with Gasteiger partial charge in [0.05, 0.1) is 24.7 Å². The highest BCUT2D eigenvalue weighted by Crippen LogP contribution is 2.45. The van der Waals surface area contributed by atoms with E-state index in [0.717, 1.165) is 81.4 Å². The third-order valence-electron chi connectivity index (χ3n) is 11.5. The number of carboxylic acids is 1. The van der Waals surface area contributed by atoms with Crippen molar-refractivity contribution in [1.29, 1.82) is 0 Å². The number of aryl methyl sites for hydroxylation is 2. The number of piperidine rings is 1. The topological polar surface area (TPSA) is 108 Å². The lowest BCUT2D eigenvalue weighted by Crippen LogP contribution is -2.39. The predicted molar refractivity (Wildman–Crippen MR) is 179 cm³/mol. The summed E-state index contributed by atoms with van der Waals surface area (Å²) in [6.07, 6.45) is 14.3. The van der Waals surface area contributed by atoms with E-state index in [-0.39, 0.29) is 12.0 Å². The summed E-state index contributed by atoms with van der Waals surface area (Å²) in [4.78, 5) is 24.6. The first kappa shape index (κ1) is 31.3. The van der Waals surface area contributed by atoms with Crippen molar-refractivity contribution in [3.63, 3.8) is 0 Å². The Labute approximate surface area is 273 Å². The molecule has 46 heavy (non-hydrogen) atoms. The number of nitrogens with one attached hydrogen (secondary N) is 2. The van der Waals surface area contributed by atoms with E-state index in [2.05, 4.69) is 64.1 Å². The molecule has 0 unspecified atom stereocenters. The van der Waals surface area contributed by atoms with Crippen molar-refractivity contribution in [2.75, 3.05) is 25.0 Å². The number of likely N-dealkylation sites (tertiary alicyclic amines) is 1. The summed E-state index contributed by atoms with van der Waals surface area (Å²) in [5, 5.41) is 21.8. The molecule has 3 heterocycles. The number of aromatic nitrogens is 4. The summed E-state index contributed by atoms with van der Waals surface area (Å²) in [5.41, 5.74) is 5.04. The molecule has 2 aromatic heterocycles. The van der Waals surface area contributed by atoms with Crippen molar-refractivity contribution >= 4 is 11.8 Å². The number of nitrogens with zero attached hydrogens (tertiary/aromatic N) is 5. The molecular formula is C37H51N7O2. The van der Waals surface area contributed by atoms with Gasteiger partial charge in [-0.15, -0.1) is 0 Å². The largest absolute Gasteiger partial charge is 0.481 e. The van der Waals surface area contributed by atoms with Gasteiger partial charge >= 0.3 is 5.97 Å². The second-order valence-corrected chi connectivity index (χ2v) is 14.6. The maximum absolute atomic E-state index is 11.5. The van der Waals surface area contributed by atoms with Crippen molar-refractivity contribution in [3.05, 3.63) is 70.9 Å². The van der Waals surface area contributed by atoms with E-state index < -0.39 is 5.97 Å². The van der Waals surface area contributed by atoms with Crippen LogP contribution in [-0.2, 0) is 31.2 Å². The van der Waals surface area contributed by atoms with Crippen LogP contribution in [0.5, 0.6) is 0 Å². The summed E-state index contributed by atoms with van der Waals surface area (Å²) >= 11 is 0. The molecule has 0 radical (unpaired) electrons. The highest BCUT2D eigenvalue weighted by Gasteiger charge is 2.42. The molecule has 3 aromatic rings. The SMILES string of the molecule is CC[C@@H](NCc1nc2c(c(N[C@@H](CN3CC[C@H]4C[C@H]4C3)c3cnn(C)c3)n1)C[C@H](c1ccccc1)CC2)C1CCC(C(=O)O)CC1. The predicted octanol–water partition coefficient (Wildman–Crippen LogP) is 5.74. The van der Waals surface area contributed by atoms with E-state index in [9.17, 15) is 9.90 Å². The van der Waals surface area contributed by atoms with E-state index in [4.69, 9.17) is 9.97 Å². The minimum absolute atomic E-state index is 0.0914. The molecule has 9 nitrogen and oxygen atoms in total. The number of rotatable bonds is 12. The quantitative estimate of drug-likeness (QED) is 0.234. The standard InChI is InChI=1S/C37H51N7O2/c1-3-32(25-9-11-26(12-10-25)37(45)46)38-20-35-40-33-14-13-27(24-7-5-4-6-8-24)18-31(33)36(42-35)41-34(30-19-39-43(2)21-30)23-44-16-15-28-17-29(28)22-44/h4-8,19,21,25-29,32,34,38H,3,9-18,20,22-23H2,1-2H3,(H,45,46)(H,40,41,42)/t25?,26?,27-,28+,29+,32-,34+/m1/s1. The summed E-state index contributed by atoms with van der Waals surface area (Å²) in [7, 11) is 2.00. The number of benzene rings is 1. The zero-order valence-corrected chi connectivity index (χ0v) is 27.6. The van der Waals surface area contributed by atoms with Crippen LogP contribution in [0.25, 0.3) is 0 Å². The first-order valence-electron chi connectivity index (χ1n) is 17.8. The monoisotopic (exact) mass is 625 g/mol. The van der Waals surface area contributed by atoms with Gasteiger partial charge in [-0.1, -0.05) is 37.3 Å². The molecule has 1 aromatic carbocycles. The highest BCUT2D eigenvalue weighted by atomic mass is 16.4. The van der Waals surface area contributed by atoms with Crippen LogP contribution < -0.4 is 10.6 Å². The number of carbonyl (C=O) groups is 1. The summed E-state index contributed by atoms with van der Waals surface area (Å²) in [5.74, 6) is 3.79. The van der Waals surface area contributed by atoms with Gasteiger partial charge in [-0.25, -0.2) is 9.97 Å². The van der Waals surface area contributed by atoms with Crippen molar-refractivity contribution in [3.8, 4) is 0 Å². The van der Waals surface area contributed by atoms with Crippen LogP contribution in [0.15, 0.2) is 42.7 Å². The highest BCUT2D eigenvalue weighted by molar-refractivity contribution is 5.70. The van der Waals surface area contributed by atoms with Crippen LogP contribution in [0.4, 0.5) is 5.82 Å². The van der Waals surface area contributed by atoms with E-state index >= 15 is 0 Å². The van der Waals surface area contributed by atoms with Crippen LogP contribution in [0.2, 0.25) is 0 Å². The van der Waals surface area contributed by atoms with Gasteiger partial charge in [0.25, 0.3) is 0 Å². The van der Waals surface area contributed by atoms with Crippen LogP contribution in [0.1, 0.15) is 98.5 Å². The third kappa shape index (κ3) is 7.15. The van der Waals surface area contributed by atoms with Gasteiger partial charge in [-0.05, 0) is 100.0 Å². The number of hydrogen-bond donors (Lipinski definition) is 3. The Morgan fingerprint density at radius 3 is 2.61 bits per heavy atom. The molecule has 3 fully saturated rings. The molecule has 0 amide bonds. The number of carboxylic acid groups (broad SMARTS) is 1. The van der Waals surface area contributed by atoms with Crippen LogP contribution in [-0.4, -0.2) is 61.4 Å². The molecule has 0 bridgehead atoms. The van der Waals surface area contributed by atoms with E-state index in [1.807, 2.05) is 17.9 Å². The van der Waals surface area contributed by atoms with Crippen molar-refractivity contribution in [1.82, 2.24) is 30.0 Å². The number of anilines is 1. The van der Waals surface area contributed by atoms with Gasteiger partial charge in [-0.3, -0.25) is 9.48 Å². The molecule has 3 N–H and O–H groups in total. The zero-order chi connectivity index (χ0) is 31.6. The molecule has 3 aliphatic carbocycles. The fourth-order valence-electron chi connectivity index (χ4n) is 8.61. The van der Waals surface area contributed by atoms with Gasteiger partial charge in [-0.2, -0.15) is 5.10 Å². The Balaban J connectivity index is 1.14. The Kier molecular flexibility index (Phi) is 9.41. The second-order valence-electron chi connectivity index (χ2n) is 14.6. The van der Waals surface area contributed by atoms with Gasteiger partial charge < -0.3 is 20.6 Å². The minimum atomic E-state index is -0.641. The van der Waals surface area contributed by atoms with Gasteiger partial charge in [0, 0.05) is 49.2 Å². The normalized spacial score (nSPS) is 27.3. The van der Waals surface area contributed by atoms with Crippen molar-refractivity contribution in [2.24, 2.45) is 30.7 Å². The Hall–Kier alpha value is -3.30. The lowest BCUT2D eigenvalue weighted by atomic mass is 9.78. The maximum atomic E-state index is 11.5. The smallest absolute Gasteiger partial charge is 0.306 e. The fourth-order valence-corrected chi connectivity index (χ4v) is 8.61. The third-order valence-corrected chi connectivity index (χ3v) is 11.5. The van der Waals surface area contributed by atoms with E-state index in [0.29, 0.717) is 24.4 Å². The minimum Gasteiger partial charge on any atom is -0.481 e. The van der Waals surface area contributed by atoms with Crippen molar-refractivity contribution < 1.29 is 9.90 Å². The molecule has 0 spiro atoms. The summed E-state index contributed by atoms with van der Waals surface area (Å²) in [6.45, 7) is 6.16.